The van der Waals surface area contributed by atoms with Crippen molar-refractivity contribution >= 4 is 49.9 Å². The lowest BCUT2D eigenvalue weighted by Crippen LogP contribution is -1.99. The maximum atomic E-state index is 4.78. The molecule has 74 heavy (non-hydrogen) atoms. The molecule has 0 aliphatic carbocycles. The predicted octanol–water partition coefficient (Wildman–Crippen LogP) is 21.3. The van der Waals surface area contributed by atoms with Crippen LogP contribution >= 0.6 is 0 Å². The highest BCUT2D eigenvalue weighted by Crippen LogP contribution is 2.45. The molecule has 0 N–H and O–H groups in total. The minimum Gasteiger partial charge on any atom is -0.0991 e. The molecule has 9 rings (SSSR count). The van der Waals surface area contributed by atoms with Crippen LogP contribution in [0.15, 0.2) is 275 Å². The average Bonchev–Trinajstić information content (AvgIpc) is 3.47. The van der Waals surface area contributed by atoms with Crippen LogP contribution in [0.4, 0.5) is 0 Å². The first-order valence-electron chi connectivity index (χ1n) is 26.0. The first kappa shape index (κ1) is 50.1. The maximum absolute atomic E-state index is 4.78. The van der Waals surface area contributed by atoms with Crippen molar-refractivity contribution in [3.63, 3.8) is 0 Å². The van der Waals surface area contributed by atoms with Crippen molar-refractivity contribution < 1.29 is 0 Å². The summed E-state index contributed by atoms with van der Waals surface area (Å²) in [5, 5.41) is 4.69. The Balaban J connectivity index is 1.18. The summed E-state index contributed by atoms with van der Waals surface area (Å²) in [5.74, 6) is 0. The molecule has 0 heteroatoms. The molecular formula is C74H64. The Morgan fingerprint density at radius 1 is 0.473 bits per heavy atom. The van der Waals surface area contributed by atoms with E-state index in [0.29, 0.717) is 0 Å². The van der Waals surface area contributed by atoms with Crippen molar-refractivity contribution in [2.75, 3.05) is 0 Å². The molecule has 0 aliphatic heterocycles. The van der Waals surface area contributed by atoms with Gasteiger partial charge in [0, 0.05) is 0 Å². The summed E-state index contributed by atoms with van der Waals surface area (Å²) < 4.78 is 0. The lowest BCUT2D eigenvalue weighted by atomic mass is 9.81. The van der Waals surface area contributed by atoms with E-state index in [2.05, 4.69) is 283 Å². The lowest BCUT2D eigenvalue weighted by Gasteiger charge is -2.22. The smallest absolute Gasteiger partial charge is 0.00635 e. The summed E-state index contributed by atoms with van der Waals surface area (Å²) in [6.07, 6.45) is 17.9. The highest BCUT2D eigenvalue weighted by atomic mass is 14.2. The van der Waals surface area contributed by atoms with Crippen molar-refractivity contribution in [1.29, 1.82) is 0 Å². The molecule has 9 aromatic rings. The summed E-state index contributed by atoms with van der Waals surface area (Å²) in [6, 6.07) is 78.5. The second kappa shape index (κ2) is 24.1. The molecule has 0 heterocycles. The van der Waals surface area contributed by atoms with Crippen LogP contribution < -0.4 is 0 Å². The molecule has 0 fully saturated rings. The Bertz CT molecular complexity index is 3670. The molecule has 0 unspecified atom stereocenters. The number of unbranched alkanes of at least 4 members (excludes halogenated alkanes) is 1. The highest BCUT2D eigenvalue weighted by molar-refractivity contribution is 6.12. The van der Waals surface area contributed by atoms with Gasteiger partial charge in [-0.15, -0.1) is 0 Å². The Hall–Kier alpha value is -8.84. The van der Waals surface area contributed by atoms with Crippen molar-refractivity contribution in [3.8, 4) is 44.5 Å². The third-order valence-corrected chi connectivity index (χ3v) is 14.1. The van der Waals surface area contributed by atoms with E-state index in [4.69, 9.17) is 6.58 Å². The minimum atomic E-state index is 0.816. The van der Waals surface area contributed by atoms with Gasteiger partial charge in [-0.25, -0.2) is 0 Å². The number of fused-ring (bicyclic) bond motifs is 2. The fourth-order valence-corrected chi connectivity index (χ4v) is 10.3. The van der Waals surface area contributed by atoms with Gasteiger partial charge in [-0.05, 0) is 141 Å². The van der Waals surface area contributed by atoms with Crippen LogP contribution in [0.3, 0.4) is 0 Å². The number of benzene rings is 8. The molecular weight excluding hydrogens is 889 g/mol. The van der Waals surface area contributed by atoms with E-state index in [1.165, 1.54) is 77.5 Å². The largest absolute Gasteiger partial charge is 0.0991 e. The van der Waals surface area contributed by atoms with Crippen LogP contribution in [-0.4, -0.2) is 0 Å². The van der Waals surface area contributed by atoms with Crippen LogP contribution in [-0.2, 0) is 0 Å². The third-order valence-electron chi connectivity index (χ3n) is 14.1. The number of allylic oxidation sites excluding steroid dienone is 10. The molecule has 0 saturated carbocycles. The number of rotatable bonds is 16. The van der Waals surface area contributed by atoms with E-state index in [0.717, 1.165) is 63.4 Å². The molecule has 0 atom stereocenters. The molecule has 0 spiro atoms. The fraction of sp³-hybridized carbons (Fsp3) is 0.0811. The quantitative estimate of drug-likeness (QED) is 0.0847. The molecule has 9 aromatic carbocycles. The van der Waals surface area contributed by atoms with E-state index >= 15 is 0 Å². The van der Waals surface area contributed by atoms with Gasteiger partial charge in [0.05, 0.1) is 0 Å². The van der Waals surface area contributed by atoms with Gasteiger partial charge in [-0.1, -0.05) is 301 Å². The molecule has 0 aliphatic rings. The summed E-state index contributed by atoms with van der Waals surface area (Å²) in [5.41, 5.74) is 21.0. The maximum Gasteiger partial charge on any atom is -0.00635 e. The topological polar surface area (TPSA) is 0 Å². The molecule has 0 radical (unpaired) electrons. The van der Waals surface area contributed by atoms with Crippen LogP contribution in [0.1, 0.15) is 66.5 Å². The standard InChI is InChI=1S/C74H64/c1-7-11-33-63(53(5)57-45-47-60(48-46-57)58-29-17-15-18-30-58)67-37-22-14-13-21-35-65(68-38-24-25-39-69(67)68)55(9-3)43-44-56(10-4)74-64(34-12-8-2)54(6)73(71-41-27-28-42-72(71)74)70-40-26-23-36-66(70)62-51-49-61(50-52-62)59-31-19-16-20-32-59/h8-9,12-52H,2-3,5,7,10-11H2,1,4,6H3/b14-13?,21-13?,22-14?,34-12-,35-21?,37-22?,55-43+,56-44+,63-33+,65-35?,67-37?,68-65?,69-67?. The second-order valence-electron chi connectivity index (χ2n) is 18.6. The van der Waals surface area contributed by atoms with Gasteiger partial charge in [-0.2, -0.15) is 0 Å². The van der Waals surface area contributed by atoms with Crippen LogP contribution in [0.25, 0.3) is 94.4 Å². The van der Waals surface area contributed by atoms with E-state index in [-0.39, 0.29) is 0 Å². The van der Waals surface area contributed by atoms with Gasteiger partial charge in [0.1, 0.15) is 0 Å². The van der Waals surface area contributed by atoms with Gasteiger partial charge in [0.25, 0.3) is 0 Å². The summed E-state index contributed by atoms with van der Waals surface area (Å²) in [4.78, 5) is 0. The molecule has 0 aromatic heterocycles. The third kappa shape index (κ3) is 10.8. The zero-order valence-electron chi connectivity index (χ0n) is 43.1. The zero-order valence-corrected chi connectivity index (χ0v) is 43.1. The van der Waals surface area contributed by atoms with Gasteiger partial charge in [0.2, 0.25) is 0 Å². The number of hydrogen-bond acceptors (Lipinski definition) is 0. The monoisotopic (exact) mass is 953 g/mol. The van der Waals surface area contributed by atoms with E-state index < -0.39 is 0 Å². The summed E-state index contributed by atoms with van der Waals surface area (Å²) in [6.45, 7) is 20.1. The summed E-state index contributed by atoms with van der Waals surface area (Å²) in [7, 11) is 0. The van der Waals surface area contributed by atoms with Crippen LogP contribution in [0, 0.1) is 6.92 Å². The molecule has 0 nitrogen and oxygen atoms in total. The van der Waals surface area contributed by atoms with Gasteiger partial charge >= 0.3 is 0 Å². The van der Waals surface area contributed by atoms with E-state index in [9.17, 15) is 0 Å². The van der Waals surface area contributed by atoms with E-state index in [1.54, 1.807) is 0 Å². The zero-order chi connectivity index (χ0) is 51.2. The van der Waals surface area contributed by atoms with Gasteiger partial charge < -0.3 is 0 Å². The van der Waals surface area contributed by atoms with Crippen molar-refractivity contribution in [1.82, 2.24) is 0 Å². The lowest BCUT2D eigenvalue weighted by molar-refractivity contribution is 0.961. The molecule has 0 saturated heterocycles. The van der Waals surface area contributed by atoms with Gasteiger partial charge in [-0.3, -0.25) is 0 Å². The molecule has 0 bridgehead atoms. The summed E-state index contributed by atoms with van der Waals surface area (Å²) >= 11 is 0. The first-order valence-corrected chi connectivity index (χ1v) is 26.0. The highest BCUT2D eigenvalue weighted by Gasteiger charge is 2.21. The van der Waals surface area contributed by atoms with E-state index in [1.807, 2.05) is 12.2 Å². The SMILES string of the molecule is C=C/C=C\c1c(C)c(-c2ccccc2-c2ccc(-c3ccccc3)cc2)c2ccccc2c1/C(=C/C=C(\C=C)c1ccccccc(/C(=C/CCC)C(=C)c2ccc(-c3ccccc3)cc2)c2ccccc12)CC. The van der Waals surface area contributed by atoms with Crippen LogP contribution in [0.5, 0.6) is 0 Å². The first-order chi connectivity index (χ1) is 36.4. The van der Waals surface area contributed by atoms with Crippen molar-refractivity contribution in [3.05, 3.63) is 308 Å². The Morgan fingerprint density at radius 2 is 0.959 bits per heavy atom. The average molecular weight is 953 g/mol. The Kier molecular flexibility index (Phi) is 16.3. The normalized spacial score (nSPS) is 12.0. The van der Waals surface area contributed by atoms with Crippen molar-refractivity contribution in [2.24, 2.45) is 0 Å². The molecule has 0 amide bonds. The van der Waals surface area contributed by atoms with Crippen molar-refractivity contribution in [2.45, 2.75) is 40.0 Å². The Labute approximate surface area is 440 Å². The second-order valence-corrected chi connectivity index (χ2v) is 18.6. The molecule has 360 valence electrons. The Morgan fingerprint density at radius 3 is 1.55 bits per heavy atom. The number of hydrogen-bond donors (Lipinski definition) is 0. The predicted molar refractivity (Wildman–Crippen MR) is 326 cm³/mol. The minimum absolute atomic E-state index is 0.816. The van der Waals surface area contributed by atoms with Crippen LogP contribution in [0.2, 0.25) is 0 Å². The van der Waals surface area contributed by atoms with Gasteiger partial charge in [0.15, 0.2) is 0 Å². The fourth-order valence-electron chi connectivity index (χ4n) is 10.3.